The number of unbranched alkanes of at least 4 members (excludes halogenated alkanes) is 6. The highest BCUT2D eigenvalue weighted by Crippen LogP contribution is 2.18. The van der Waals surface area contributed by atoms with Crippen LogP contribution >= 0.6 is 11.6 Å². The molecular weight excluding hydrogens is 224 g/mol. The molecule has 0 aromatic carbocycles. The average Bonchev–Trinajstić information content (AvgIpc) is 2.76. The van der Waals surface area contributed by atoms with Crippen LogP contribution in [0, 0.1) is 0 Å². The van der Waals surface area contributed by atoms with Crippen LogP contribution in [-0.4, -0.2) is 24.9 Å². The smallest absolute Gasteiger partial charge is 0.158 e. The van der Waals surface area contributed by atoms with Crippen molar-refractivity contribution in [2.45, 2.75) is 70.7 Å². The van der Waals surface area contributed by atoms with Crippen LogP contribution in [0.4, 0.5) is 0 Å². The van der Waals surface area contributed by atoms with Crippen molar-refractivity contribution < 1.29 is 9.47 Å². The van der Waals surface area contributed by atoms with E-state index in [1.165, 1.54) is 44.9 Å². The first-order valence-electron chi connectivity index (χ1n) is 6.69. The van der Waals surface area contributed by atoms with Crippen molar-refractivity contribution in [3.8, 4) is 0 Å². The molecule has 0 amide bonds. The second-order valence-corrected chi connectivity index (χ2v) is 4.89. The van der Waals surface area contributed by atoms with Crippen LogP contribution in [0.5, 0.6) is 0 Å². The van der Waals surface area contributed by atoms with Gasteiger partial charge in [-0.25, -0.2) is 0 Å². The zero-order chi connectivity index (χ0) is 11.6. The van der Waals surface area contributed by atoms with Crippen molar-refractivity contribution in [1.82, 2.24) is 0 Å². The lowest BCUT2D eigenvalue weighted by atomic mass is 10.1. The first kappa shape index (κ1) is 14.3. The van der Waals surface area contributed by atoms with Gasteiger partial charge in [0.25, 0.3) is 0 Å². The number of rotatable bonds is 9. The summed E-state index contributed by atoms with van der Waals surface area (Å²) >= 11 is 5.70. The lowest BCUT2D eigenvalue weighted by Crippen LogP contribution is -2.13. The first-order valence-corrected chi connectivity index (χ1v) is 7.23. The molecule has 1 heterocycles. The summed E-state index contributed by atoms with van der Waals surface area (Å²) in [5.74, 6) is 0.549. The van der Waals surface area contributed by atoms with E-state index in [0.717, 1.165) is 6.42 Å². The largest absolute Gasteiger partial charge is 0.350 e. The van der Waals surface area contributed by atoms with E-state index in [-0.39, 0.29) is 12.4 Å². The molecule has 0 N–H and O–H groups in total. The zero-order valence-electron chi connectivity index (χ0n) is 10.4. The summed E-state index contributed by atoms with van der Waals surface area (Å²) in [5, 5.41) is 0. The molecule has 3 heteroatoms. The van der Waals surface area contributed by atoms with Crippen LogP contribution < -0.4 is 0 Å². The molecule has 1 rings (SSSR count). The molecule has 0 aromatic heterocycles. The molecule has 16 heavy (non-hydrogen) atoms. The van der Waals surface area contributed by atoms with Crippen molar-refractivity contribution in [3.05, 3.63) is 0 Å². The summed E-state index contributed by atoms with van der Waals surface area (Å²) < 4.78 is 11.1. The van der Waals surface area contributed by atoms with Crippen LogP contribution in [-0.2, 0) is 9.47 Å². The maximum absolute atomic E-state index is 5.70. The minimum Gasteiger partial charge on any atom is -0.350 e. The van der Waals surface area contributed by atoms with E-state index >= 15 is 0 Å². The molecule has 0 saturated carbocycles. The Morgan fingerprint density at radius 3 is 2.38 bits per heavy atom. The molecule has 2 nitrogen and oxygen atoms in total. The second-order valence-electron chi connectivity index (χ2n) is 4.59. The van der Waals surface area contributed by atoms with E-state index in [0.29, 0.717) is 12.5 Å². The Balaban J connectivity index is 1.84. The third-order valence-electron chi connectivity index (χ3n) is 3.03. The van der Waals surface area contributed by atoms with Gasteiger partial charge in [-0.1, -0.05) is 45.4 Å². The molecule has 0 bridgehead atoms. The van der Waals surface area contributed by atoms with Gasteiger partial charge in [0.2, 0.25) is 0 Å². The zero-order valence-corrected chi connectivity index (χ0v) is 11.2. The van der Waals surface area contributed by atoms with Crippen molar-refractivity contribution in [3.63, 3.8) is 0 Å². The van der Waals surface area contributed by atoms with Gasteiger partial charge in [-0.2, -0.15) is 0 Å². The van der Waals surface area contributed by atoms with Crippen LogP contribution in [0.15, 0.2) is 0 Å². The molecule has 96 valence electrons. The van der Waals surface area contributed by atoms with Gasteiger partial charge in [0.15, 0.2) is 6.29 Å². The van der Waals surface area contributed by atoms with Crippen LogP contribution in [0.3, 0.4) is 0 Å². The van der Waals surface area contributed by atoms with Gasteiger partial charge in [0.05, 0.1) is 18.6 Å². The van der Waals surface area contributed by atoms with Gasteiger partial charge in [-0.15, -0.1) is 11.6 Å². The van der Waals surface area contributed by atoms with Gasteiger partial charge in [-0.05, 0) is 12.8 Å². The van der Waals surface area contributed by atoms with E-state index in [2.05, 4.69) is 6.92 Å². The van der Waals surface area contributed by atoms with Crippen molar-refractivity contribution in [2.24, 2.45) is 0 Å². The van der Waals surface area contributed by atoms with Crippen LogP contribution in [0.1, 0.15) is 58.3 Å². The van der Waals surface area contributed by atoms with Crippen LogP contribution in [0.25, 0.3) is 0 Å². The minimum atomic E-state index is 0.0133. The van der Waals surface area contributed by atoms with Crippen molar-refractivity contribution in [1.29, 1.82) is 0 Å². The highest BCUT2D eigenvalue weighted by molar-refractivity contribution is 6.18. The van der Waals surface area contributed by atoms with Gasteiger partial charge < -0.3 is 9.47 Å². The van der Waals surface area contributed by atoms with Crippen LogP contribution in [0.2, 0.25) is 0 Å². The maximum atomic E-state index is 5.70. The Bertz CT molecular complexity index is 164. The van der Waals surface area contributed by atoms with E-state index in [1.807, 2.05) is 0 Å². The maximum Gasteiger partial charge on any atom is 0.158 e. The number of ether oxygens (including phenoxy) is 2. The average molecular weight is 249 g/mol. The molecular formula is C13H25ClO2. The standard InChI is InChI=1S/C13H25ClO2/c1-2-3-4-5-6-7-8-9-13-15-11-12(10-14)16-13/h12-13H,2-11H2,1H3. The summed E-state index contributed by atoms with van der Waals surface area (Å²) in [6.07, 6.45) is 10.5. The minimum absolute atomic E-state index is 0.0133. The number of hydrogen-bond acceptors (Lipinski definition) is 2. The van der Waals surface area contributed by atoms with E-state index < -0.39 is 0 Å². The summed E-state index contributed by atoms with van der Waals surface area (Å²) in [7, 11) is 0. The van der Waals surface area contributed by atoms with Crippen molar-refractivity contribution >= 4 is 11.6 Å². The molecule has 1 aliphatic rings. The van der Waals surface area contributed by atoms with E-state index in [9.17, 15) is 0 Å². The Morgan fingerprint density at radius 2 is 1.75 bits per heavy atom. The highest BCUT2D eigenvalue weighted by atomic mass is 35.5. The van der Waals surface area contributed by atoms with Gasteiger partial charge in [0.1, 0.15) is 0 Å². The topological polar surface area (TPSA) is 18.5 Å². The second kappa shape index (κ2) is 9.26. The molecule has 1 aliphatic heterocycles. The molecule has 0 spiro atoms. The third-order valence-corrected chi connectivity index (χ3v) is 3.37. The Hall–Kier alpha value is 0.210. The monoisotopic (exact) mass is 248 g/mol. The lowest BCUT2D eigenvalue weighted by Gasteiger charge is -2.09. The SMILES string of the molecule is CCCCCCCCCC1OCC(CCl)O1. The lowest BCUT2D eigenvalue weighted by molar-refractivity contribution is -0.0599. The fraction of sp³-hybridized carbons (Fsp3) is 1.00. The first-order chi connectivity index (χ1) is 7.86. The van der Waals surface area contributed by atoms with Gasteiger partial charge in [-0.3, -0.25) is 0 Å². The molecule has 0 radical (unpaired) electrons. The molecule has 2 atom stereocenters. The molecule has 1 saturated heterocycles. The predicted molar refractivity (Wildman–Crippen MR) is 67.9 cm³/mol. The summed E-state index contributed by atoms with van der Waals surface area (Å²) in [4.78, 5) is 0. The predicted octanol–water partition coefficient (Wildman–Crippen LogP) is 4.11. The number of halogens is 1. The Morgan fingerprint density at radius 1 is 1.06 bits per heavy atom. The molecule has 1 fully saturated rings. The number of alkyl halides is 1. The van der Waals surface area contributed by atoms with Crippen molar-refractivity contribution in [2.75, 3.05) is 12.5 Å². The van der Waals surface area contributed by atoms with Gasteiger partial charge >= 0.3 is 0 Å². The quantitative estimate of drug-likeness (QED) is 0.452. The summed E-state index contributed by atoms with van der Waals surface area (Å²) in [5.41, 5.74) is 0. The fourth-order valence-electron chi connectivity index (χ4n) is 2.01. The highest BCUT2D eigenvalue weighted by Gasteiger charge is 2.24. The van der Waals surface area contributed by atoms with E-state index in [1.54, 1.807) is 0 Å². The van der Waals surface area contributed by atoms with Gasteiger partial charge in [0, 0.05) is 0 Å². The fourth-order valence-corrected chi connectivity index (χ4v) is 2.17. The molecule has 2 unspecified atom stereocenters. The van der Waals surface area contributed by atoms with E-state index in [4.69, 9.17) is 21.1 Å². The molecule has 0 aliphatic carbocycles. The third kappa shape index (κ3) is 6.07. The summed E-state index contributed by atoms with van der Waals surface area (Å²) in [6.45, 7) is 2.92. The normalized spacial score (nSPS) is 25.1. The number of hydrogen-bond donors (Lipinski definition) is 0. The Kier molecular flexibility index (Phi) is 8.26. The Labute approximate surface area is 105 Å². The summed E-state index contributed by atoms with van der Waals surface area (Å²) in [6, 6.07) is 0. The molecule has 0 aromatic rings.